The van der Waals surface area contributed by atoms with E-state index >= 15 is 0 Å². The zero-order valence-corrected chi connectivity index (χ0v) is 10.7. The number of anilines is 1. The lowest BCUT2D eigenvalue weighted by Crippen LogP contribution is -2.04. The highest BCUT2D eigenvalue weighted by molar-refractivity contribution is 6.12. The molecule has 0 bridgehead atoms. The van der Waals surface area contributed by atoms with Gasteiger partial charge in [-0.3, -0.25) is 4.79 Å². The third-order valence-corrected chi connectivity index (χ3v) is 2.56. The summed E-state index contributed by atoms with van der Waals surface area (Å²) in [5.41, 5.74) is 7.39. The van der Waals surface area contributed by atoms with Gasteiger partial charge in [-0.1, -0.05) is 12.1 Å². The van der Waals surface area contributed by atoms with Gasteiger partial charge in [-0.2, -0.15) is 0 Å². The van der Waals surface area contributed by atoms with Gasteiger partial charge in [-0.05, 0) is 36.4 Å². The summed E-state index contributed by atoms with van der Waals surface area (Å²) in [5.74, 6) is 0.647. The van der Waals surface area contributed by atoms with Crippen LogP contribution in [-0.2, 0) is 0 Å². The molecule has 0 spiro atoms. The molecule has 0 aromatic heterocycles. The Labute approximate surface area is 112 Å². The highest BCUT2D eigenvalue weighted by atomic mass is 35.5. The summed E-state index contributed by atoms with van der Waals surface area (Å²) in [6.45, 7) is 0. The van der Waals surface area contributed by atoms with Gasteiger partial charge in [0, 0.05) is 16.8 Å². The number of carbonyl (C=O) groups excluding carboxylic acids is 1. The van der Waals surface area contributed by atoms with Crippen molar-refractivity contribution in [3.05, 3.63) is 59.7 Å². The highest BCUT2D eigenvalue weighted by Crippen LogP contribution is 2.18. The number of rotatable bonds is 3. The number of ketones is 1. The second-order valence-corrected chi connectivity index (χ2v) is 3.64. The summed E-state index contributed by atoms with van der Waals surface area (Å²) < 4.78 is 5.04. The van der Waals surface area contributed by atoms with Crippen LogP contribution in [0.15, 0.2) is 48.5 Å². The van der Waals surface area contributed by atoms with Crippen LogP contribution in [0.3, 0.4) is 0 Å². The fourth-order valence-electron chi connectivity index (χ4n) is 1.60. The number of benzene rings is 2. The fourth-order valence-corrected chi connectivity index (χ4v) is 1.60. The summed E-state index contributed by atoms with van der Waals surface area (Å²) in [6.07, 6.45) is 0. The molecule has 0 atom stereocenters. The third-order valence-electron chi connectivity index (χ3n) is 2.56. The van der Waals surface area contributed by atoms with Crippen molar-refractivity contribution in [2.45, 2.75) is 0 Å². The van der Waals surface area contributed by atoms with Gasteiger partial charge in [0.05, 0.1) is 7.11 Å². The van der Waals surface area contributed by atoms with Gasteiger partial charge < -0.3 is 10.5 Å². The van der Waals surface area contributed by atoms with Crippen LogP contribution in [0.1, 0.15) is 15.9 Å². The molecule has 0 amide bonds. The third kappa shape index (κ3) is 2.81. The Balaban J connectivity index is 0.00000162. The van der Waals surface area contributed by atoms with Crippen LogP contribution in [0.2, 0.25) is 0 Å². The summed E-state index contributed by atoms with van der Waals surface area (Å²) in [5, 5.41) is 0. The molecule has 0 aliphatic carbocycles. The van der Waals surface area contributed by atoms with Gasteiger partial charge in [0.1, 0.15) is 5.75 Å². The van der Waals surface area contributed by atoms with Gasteiger partial charge in [-0.25, -0.2) is 0 Å². The topological polar surface area (TPSA) is 52.3 Å². The van der Waals surface area contributed by atoms with Crippen molar-refractivity contribution in [3.8, 4) is 5.75 Å². The molecule has 2 aromatic carbocycles. The number of hydrogen-bond donors (Lipinski definition) is 1. The molecular weight excluding hydrogens is 250 g/mol. The maximum absolute atomic E-state index is 12.1. The maximum atomic E-state index is 12.1. The fraction of sp³-hybridized carbons (Fsp3) is 0.0714. The van der Waals surface area contributed by atoms with E-state index in [1.54, 1.807) is 55.6 Å². The average molecular weight is 264 g/mol. The Morgan fingerprint density at radius 2 is 1.67 bits per heavy atom. The zero-order valence-electron chi connectivity index (χ0n) is 9.92. The van der Waals surface area contributed by atoms with Crippen LogP contribution in [0.5, 0.6) is 5.75 Å². The molecule has 3 nitrogen and oxygen atoms in total. The number of halogens is 1. The zero-order chi connectivity index (χ0) is 12.3. The number of methoxy groups -OCH3 is 1. The summed E-state index contributed by atoms with van der Waals surface area (Å²) >= 11 is 0. The van der Waals surface area contributed by atoms with Crippen LogP contribution in [0, 0.1) is 0 Å². The van der Waals surface area contributed by atoms with Crippen molar-refractivity contribution in [3.63, 3.8) is 0 Å². The van der Waals surface area contributed by atoms with E-state index in [4.69, 9.17) is 10.5 Å². The molecule has 0 fully saturated rings. The molecule has 0 unspecified atom stereocenters. The van der Waals surface area contributed by atoms with Gasteiger partial charge in [0.2, 0.25) is 0 Å². The lowest BCUT2D eigenvalue weighted by atomic mass is 10.0. The molecule has 0 aliphatic heterocycles. The second-order valence-electron chi connectivity index (χ2n) is 3.64. The lowest BCUT2D eigenvalue weighted by molar-refractivity contribution is 0.103. The number of carbonyl (C=O) groups is 1. The van der Waals surface area contributed by atoms with Crippen molar-refractivity contribution >= 4 is 23.9 Å². The van der Waals surface area contributed by atoms with E-state index in [1.165, 1.54) is 0 Å². The first-order valence-electron chi connectivity index (χ1n) is 5.25. The molecule has 2 rings (SSSR count). The first-order chi connectivity index (χ1) is 8.22. The molecular formula is C14H14ClNO2. The average Bonchev–Trinajstić information content (AvgIpc) is 2.39. The minimum Gasteiger partial charge on any atom is -0.497 e. The summed E-state index contributed by atoms with van der Waals surface area (Å²) in [7, 11) is 1.59. The van der Waals surface area contributed by atoms with Crippen molar-refractivity contribution in [1.29, 1.82) is 0 Å². The molecule has 0 saturated heterocycles. The van der Waals surface area contributed by atoms with Crippen molar-refractivity contribution in [2.75, 3.05) is 12.8 Å². The molecule has 18 heavy (non-hydrogen) atoms. The highest BCUT2D eigenvalue weighted by Gasteiger charge is 2.11. The minimum absolute atomic E-state index is 0. The Kier molecular flexibility index (Phi) is 4.75. The largest absolute Gasteiger partial charge is 0.497 e. The van der Waals surface area contributed by atoms with Gasteiger partial charge in [0.15, 0.2) is 5.78 Å². The van der Waals surface area contributed by atoms with E-state index in [0.717, 1.165) is 5.75 Å². The molecule has 2 N–H and O–H groups in total. The van der Waals surface area contributed by atoms with E-state index in [0.29, 0.717) is 16.8 Å². The molecule has 0 saturated carbocycles. The number of hydrogen-bond acceptors (Lipinski definition) is 3. The number of nitrogen functional groups attached to an aromatic ring is 1. The van der Waals surface area contributed by atoms with Crippen molar-refractivity contribution < 1.29 is 9.53 Å². The lowest BCUT2D eigenvalue weighted by Gasteiger charge is -2.05. The van der Waals surface area contributed by atoms with Crippen LogP contribution >= 0.6 is 12.4 Å². The standard InChI is InChI=1S/C14H13NO2.ClH/c1-17-11-8-6-10(7-9-11)14(16)12-4-2-3-5-13(12)15;/h2-9H,15H2,1H3;1H. The van der Waals surface area contributed by atoms with E-state index in [-0.39, 0.29) is 18.2 Å². The molecule has 94 valence electrons. The Hall–Kier alpha value is -2.00. The predicted octanol–water partition coefficient (Wildman–Crippen LogP) is 2.93. The number of para-hydroxylation sites is 1. The monoisotopic (exact) mass is 263 g/mol. The molecule has 0 heterocycles. The minimum atomic E-state index is -0.0780. The Morgan fingerprint density at radius 1 is 1.06 bits per heavy atom. The summed E-state index contributed by atoms with van der Waals surface area (Å²) in [4.78, 5) is 12.1. The van der Waals surface area contributed by atoms with Crippen LogP contribution < -0.4 is 10.5 Å². The van der Waals surface area contributed by atoms with E-state index in [2.05, 4.69) is 0 Å². The first kappa shape index (κ1) is 14.1. The second kappa shape index (κ2) is 6.07. The van der Waals surface area contributed by atoms with E-state index in [9.17, 15) is 4.79 Å². The van der Waals surface area contributed by atoms with Crippen molar-refractivity contribution in [2.24, 2.45) is 0 Å². The molecule has 4 heteroatoms. The number of ether oxygens (including phenoxy) is 1. The predicted molar refractivity (Wildman–Crippen MR) is 74.5 cm³/mol. The van der Waals surface area contributed by atoms with E-state index < -0.39 is 0 Å². The number of nitrogens with two attached hydrogens (primary N) is 1. The van der Waals surface area contributed by atoms with Gasteiger partial charge in [0.25, 0.3) is 0 Å². The van der Waals surface area contributed by atoms with Crippen LogP contribution in [0.4, 0.5) is 5.69 Å². The van der Waals surface area contributed by atoms with Gasteiger partial charge >= 0.3 is 0 Å². The van der Waals surface area contributed by atoms with Crippen LogP contribution in [0.25, 0.3) is 0 Å². The van der Waals surface area contributed by atoms with Gasteiger partial charge in [-0.15, -0.1) is 12.4 Å². The normalized spacial score (nSPS) is 9.39. The first-order valence-corrected chi connectivity index (χ1v) is 5.25. The SMILES string of the molecule is COc1ccc(C(=O)c2ccccc2N)cc1.Cl. The Bertz CT molecular complexity index is 538. The van der Waals surface area contributed by atoms with Crippen molar-refractivity contribution in [1.82, 2.24) is 0 Å². The molecule has 0 aliphatic rings. The summed E-state index contributed by atoms with van der Waals surface area (Å²) in [6, 6.07) is 14.0. The smallest absolute Gasteiger partial charge is 0.195 e. The van der Waals surface area contributed by atoms with E-state index in [1.807, 2.05) is 0 Å². The quantitative estimate of drug-likeness (QED) is 0.684. The van der Waals surface area contributed by atoms with Crippen LogP contribution in [-0.4, -0.2) is 12.9 Å². The maximum Gasteiger partial charge on any atom is 0.195 e. The Morgan fingerprint density at radius 3 is 2.22 bits per heavy atom. The molecule has 2 aromatic rings. The molecule has 0 radical (unpaired) electrons.